The molecule has 0 spiro atoms. The molecular weight excluding hydrogens is 345 g/mol. The van der Waals surface area contributed by atoms with Crippen LogP contribution in [0.15, 0.2) is 30.3 Å². The van der Waals surface area contributed by atoms with Gasteiger partial charge in [-0.3, -0.25) is 4.79 Å². The Hall–Kier alpha value is -0.970. The maximum absolute atomic E-state index is 11.8. The number of carbonyl (C=O) groups is 1. The number of nitrogens with one attached hydrogen (secondary N) is 1. The molecule has 1 aliphatic heterocycles. The van der Waals surface area contributed by atoms with Gasteiger partial charge in [0.25, 0.3) is 0 Å². The SMILES string of the molecule is Cl.Cl.NCCCCCCC(=O)NCC1CCN(c2ccccc2)C1. The number of para-hydroxylation sites is 1. The summed E-state index contributed by atoms with van der Waals surface area (Å²) >= 11 is 0. The Bertz CT molecular complexity index is 445. The van der Waals surface area contributed by atoms with Crippen LogP contribution in [0, 0.1) is 5.92 Å². The van der Waals surface area contributed by atoms with Crippen LogP contribution < -0.4 is 16.0 Å². The van der Waals surface area contributed by atoms with Gasteiger partial charge in [-0.2, -0.15) is 0 Å². The first-order chi connectivity index (χ1) is 10.8. The van der Waals surface area contributed by atoms with Crippen LogP contribution in [-0.2, 0) is 4.79 Å². The van der Waals surface area contributed by atoms with E-state index in [1.165, 1.54) is 5.69 Å². The molecule has 1 amide bonds. The monoisotopic (exact) mass is 375 g/mol. The summed E-state index contributed by atoms with van der Waals surface area (Å²) in [5.41, 5.74) is 6.75. The molecule has 1 atom stereocenters. The minimum atomic E-state index is 0. The lowest BCUT2D eigenvalue weighted by Gasteiger charge is -2.18. The third-order valence-electron chi connectivity index (χ3n) is 4.35. The fourth-order valence-electron chi connectivity index (χ4n) is 3.00. The van der Waals surface area contributed by atoms with E-state index in [1.807, 2.05) is 6.07 Å². The zero-order valence-corrected chi connectivity index (χ0v) is 15.9. The van der Waals surface area contributed by atoms with E-state index < -0.39 is 0 Å². The molecule has 0 radical (unpaired) electrons. The van der Waals surface area contributed by atoms with Crippen LogP contribution in [0.4, 0.5) is 5.69 Å². The van der Waals surface area contributed by atoms with Gasteiger partial charge >= 0.3 is 0 Å². The van der Waals surface area contributed by atoms with Crippen LogP contribution in [0.2, 0.25) is 0 Å². The number of hydrogen-bond acceptors (Lipinski definition) is 3. The lowest BCUT2D eigenvalue weighted by molar-refractivity contribution is -0.121. The number of halogens is 2. The quantitative estimate of drug-likeness (QED) is 0.650. The van der Waals surface area contributed by atoms with Gasteiger partial charge < -0.3 is 16.0 Å². The smallest absolute Gasteiger partial charge is 0.220 e. The van der Waals surface area contributed by atoms with Crippen LogP contribution in [0.1, 0.15) is 38.5 Å². The number of amides is 1. The zero-order chi connectivity index (χ0) is 15.6. The second-order valence-electron chi connectivity index (χ2n) is 6.19. The maximum atomic E-state index is 11.8. The molecule has 1 unspecified atom stereocenters. The fourth-order valence-corrected chi connectivity index (χ4v) is 3.00. The molecular formula is C18H31Cl2N3O. The van der Waals surface area contributed by atoms with E-state index in [-0.39, 0.29) is 30.7 Å². The summed E-state index contributed by atoms with van der Waals surface area (Å²) in [6, 6.07) is 10.5. The van der Waals surface area contributed by atoms with Crippen LogP contribution in [0.3, 0.4) is 0 Å². The van der Waals surface area contributed by atoms with Gasteiger partial charge in [-0.25, -0.2) is 0 Å². The van der Waals surface area contributed by atoms with E-state index >= 15 is 0 Å². The van der Waals surface area contributed by atoms with Crippen molar-refractivity contribution in [2.45, 2.75) is 38.5 Å². The Morgan fingerprint density at radius 2 is 1.83 bits per heavy atom. The molecule has 1 fully saturated rings. The second-order valence-corrected chi connectivity index (χ2v) is 6.19. The molecule has 138 valence electrons. The van der Waals surface area contributed by atoms with E-state index in [2.05, 4.69) is 34.5 Å². The Balaban J connectivity index is 0.00000264. The summed E-state index contributed by atoms with van der Waals surface area (Å²) in [6.07, 6.45) is 6.10. The van der Waals surface area contributed by atoms with Gasteiger partial charge in [0.2, 0.25) is 5.91 Å². The van der Waals surface area contributed by atoms with Crippen LogP contribution in [-0.4, -0.2) is 32.1 Å². The Morgan fingerprint density at radius 1 is 1.12 bits per heavy atom. The fraction of sp³-hybridized carbons (Fsp3) is 0.611. The molecule has 0 aromatic heterocycles. The van der Waals surface area contributed by atoms with Gasteiger partial charge in [-0.1, -0.05) is 31.0 Å². The number of carbonyl (C=O) groups excluding carboxylic acids is 1. The minimum Gasteiger partial charge on any atom is -0.371 e. The number of anilines is 1. The highest BCUT2D eigenvalue weighted by molar-refractivity contribution is 5.85. The lowest BCUT2D eigenvalue weighted by atomic mass is 10.1. The molecule has 0 saturated carbocycles. The van der Waals surface area contributed by atoms with Crippen LogP contribution >= 0.6 is 24.8 Å². The molecule has 1 saturated heterocycles. The number of hydrogen-bond donors (Lipinski definition) is 2. The highest BCUT2D eigenvalue weighted by Gasteiger charge is 2.22. The van der Waals surface area contributed by atoms with Gasteiger partial charge in [0.1, 0.15) is 0 Å². The van der Waals surface area contributed by atoms with Gasteiger partial charge in [0.05, 0.1) is 0 Å². The van der Waals surface area contributed by atoms with Crippen molar-refractivity contribution in [2.24, 2.45) is 11.7 Å². The van der Waals surface area contributed by atoms with E-state index in [4.69, 9.17) is 5.73 Å². The molecule has 0 aliphatic carbocycles. The van der Waals surface area contributed by atoms with Crippen molar-refractivity contribution in [1.82, 2.24) is 5.32 Å². The van der Waals surface area contributed by atoms with Crippen LogP contribution in [0.5, 0.6) is 0 Å². The zero-order valence-electron chi connectivity index (χ0n) is 14.3. The summed E-state index contributed by atoms with van der Waals surface area (Å²) in [7, 11) is 0. The van der Waals surface area contributed by atoms with E-state index in [9.17, 15) is 4.79 Å². The first-order valence-corrected chi connectivity index (χ1v) is 8.56. The Morgan fingerprint density at radius 3 is 2.54 bits per heavy atom. The van der Waals surface area contributed by atoms with Gasteiger partial charge in [-0.05, 0) is 43.9 Å². The number of unbranched alkanes of at least 4 members (excludes halogenated alkanes) is 3. The number of benzene rings is 1. The van der Waals surface area contributed by atoms with Crippen molar-refractivity contribution in [2.75, 3.05) is 31.1 Å². The third kappa shape index (κ3) is 8.22. The molecule has 1 aromatic carbocycles. The first-order valence-electron chi connectivity index (χ1n) is 8.56. The molecule has 1 aromatic rings. The average Bonchev–Trinajstić information content (AvgIpc) is 3.02. The molecule has 4 nitrogen and oxygen atoms in total. The largest absolute Gasteiger partial charge is 0.371 e. The summed E-state index contributed by atoms with van der Waals surface area (Å²) in [4.78, 5) is 14.2. The van der Waals surface area contributed by atoms with Crippen molar-refractivity contribution in [3.8, 4) is 0 Å². The molecule has 0 bridgehead atoms. The second kappa shape index (κ2) is 13.3. The molecule has 2 rings (SSSR count). The van der Waals surface area contributed by atoms with Gasteiger partial charge in [0.15, 0.2) is 0 Å². The van der Waals surface area contributed by atoms with Crippen molar-refractivity contribution in [3.63, 3.8) is 0 Å². The Kier molecular flexibility index (Phi) is 12.8. The van der Waals surface area contributed by atoms with Crippen molar-refractivity contribution >= 4 is 36.4 Å². The van der Waals surface area contributed by atoms with Crippen molar-refractivity contribution in [1.29, 1.82) is 0 Å². The molecule has 24 heavy (non-hydrogen) atoms. The minimum absolute atomic E-state index is 0. The first kappa shape index (κ1) is 23.0. The van der Waals surface area contributed by atoms with Crippen molar-refractivity contribution < 1.29 is 4.79 Å². The van der Waals surface area contributed by atoms with Gasteiger partial charge in [-0.15, -0.1) is 24.8 Å². The number of nitrogens with zero attached hydrogens (tertiary/aromatic N) is 1. The van der Waals surface area contributed by atoms with Crippen LogP contribution in [0.25, 0.3) is 0 Å². The molecule has 1 aliphatic rings. The lowest BCUT2D eigenvalue weighted by Crippen LogP contribution is -2.30. The van der Waals surface area contributed by atoms with Gasteiger partial charge in [0, 0.05) is 31.7 Å². The van der Waals surface area contributed by atoms with E-state index in [0.29, 0.717) is 12.3 Å². The predicted molar refractivity (Wildman–Crippen MR) is 106 cm³/mol. The maximum Gasteiger partial charge on any atom is 0.220 e. The van der Waals surface area contributed by atoms with E-state index in [0.717, 1.165) is 58.3 Å². The molecule has 6 heteroatoms. The number of rotatable bonds is 9. The molecule has 1 heterocycles. The summed E-state index contributed by atoms with van der Waals surface area (Å²) in [5.74, 6) is 0.771. The number of nitrogens with two attached hydrogens (primary N) is 1. The van der Waals surface area contributed by atoms with E-state index in [1.54, 1.807) is 0 Å². The average molecular weight is 376 g/mol. The topological polar surface area (TPSA) is 58.4 Å². The highest BCUT2D eigenvalue weighted by atomic mass is 35.5. The summed E-state index contributed by atoms with van der Waals surface area (Å²) < 4.78 is 0. The Labute approximate surface area is 158 Å². The summed E-state index contributed by atoms with van der Waals surface area (Å²) in [6.45, 7) is 3.70. The molecule has 3 N–H and O–H groups in total. The highest BCUT2D eigenvalue weighted by Crippen LogP contribution is 2.22. The normalized spacial score (nSPS) is 16.2. The standard InChI is InChI=1S/C18H29N3O.2ClH/c19-12-7-2-1-6-10-18(22)20-14-16-11-13-21(15-16)17-8-4-3-5-9-17;;/h3-5,8-9,16H,1-2,6-7,10-15,19H2,(H,20,22);2*1H. The van der Waals surface area contributed by atoms with Crippen molar-refractivity contribution in [3.05, 3.63) is 30.3 Å². The summed E-state index contributed by atoms with van der Waals surface area (Å²) in [5, 5.41) is 3.10. The third-order valence-corrected chi connectivity index (χ3v) is 4.35. The predicted octanol–water partition coefficient (Wildman–Crippen LogP) is 3.38.